The van der Waals surface area contributed by atoms with E-state index in [0.29, 0.717) is 38.5 Å². The molecule has 9 nitrogen and oxygen atoms in total. The fourth-order valence-corrected chi connectivity index (χ4v) is 9.39. The monoisotopic (exact) mass is 474 g/mol. The Morgan fingerprint density at radius 2 is 0.724 bits per heavy atom. The Morgan fingerprint density at radius 1 is 0.483 bits per heavy atom. The van der Waals surface area contributed by atoms with Crippen LogP contribution in [-0.4, -0.2) is 69.2 Å². The topological polar surface area (TPSA) is 90.9 Å². The van der Waals surface area contributed by atoms with Gasteiger partial charge in [0.2, 0.25) is 0 Å². The summed E-state index contributed by atoms with van der Waals surface area (Å²) >= 11 is -8.39. The fourth-order valence-electron chi connectivity index (χ4n) is 2.40. The van der Waals surface area contributed by atoms with Crippen LogP contribution in [0.2, 0.25) is 0 Å². The molecule has 0 aromatic carbocycles. The predicted molar refractivity (Wildman–Crippen MR) is 107 cm³/mol. The van der Waals surface area contributed by atoms with Gasteiger partial charge in [-0.3, -0.25) is 0 Å². The van der Waals surface area contributed by atoms with Crippen molar-refractivity contribution in [2.24, 2.45) is 0 Å². The Labute approximate surface area is 196 Å². The summed E-state index contributed by atoms with van der Waals surface area (Å²) in [5, 5.41) is 0. The maximum absolute atomic E-state index is 15.2. The van der Waals surface area contributed by atoms with Gasteiger partial charge in [0.1, 0.15) is 0 Å². The first-order chi connectivity index (χ1) is 13.2. The average Bonchev–Trinajstić information content (AvgIpc) is 2.70. The molecule has 0 heterocycles. The van der Waals surface area contributed by atoms with E-state index in [1.165, 1.54) is 0 Å². The Balaban J connectivity index is 0. The van der Waals surface area contributed by atoms with Crippen molar-refractivity contribution < 1.29 is 48.4 Å². The molecule has 0 aliphatic heterocycles. The summed E-state index contributed by atoms with van der Waals surface area (Å²) in [6.07, 6.45) is 3.00. The average molecular weight is 474 g/mol. The van der Waals surface area contributed by atoms with Gasteiger partial charge in [-0.15, -0.1) is 0 Å². The molecule has 0 saturated heterocycles. The Hall–Kier alpha value is 1.19. The third kappa shape index (κ3) is 8.24. The van der Waals surface area contributed by atoms with E-state index in [4.69, 9.17) is 30.0 Å². The summed E-state index contributed by atoms with van der Waals surface area (Å²) in [4.78, 5) is 10.5. The van der Waals surface area contributed by atoms with Gasteiger partial charge >= 0.3 is 198 Å². The third-order valence-corrected chi connectivity index (χ3v) is 11.1. The molecule has 0 aromatic rings. The van der Waals surface area contributed by atoms with Crippen LogP contribution in [0.4, 0.5) is 0 Å². The zero-order chi connectivity index (χ0) is 21.5. The predicted octanol–water partition coefficient (Wildman–Crippen LogP) is 4.36. The van der Waals surface area contributed by atoms with E-state index in [0.717, 1.165) is 0 Å². The Kier molecular flexibility index (Phi) is 14.6. The van der Waals surface area contributed by atoms with Crippen molar-refractivity contribution in [3.63, 3.8) is 0 Å². The van der Waals surface area contributed by atoms with Crippen molar-refractivity contribution in [1.82, 2.24) is 0 Å². The second kappa shape index (κ2) is 13.0. The first-order valence-electron chi connectivity index (χ1n) is 10.7. The molecule has 0 saturated carbocycles. The second-order valence-electron chi connectivity index (χ2n) is 6.95. The van der Waals surface area contributed by atoms with Crippen molar-refractivity contribution >= 4 is 29.6 Å². The first-order valence-corrected chi connectivity index (χ1v) is 15.2. The molecule has 0 rings (SSSR count). The molecule has 11 heteroatoms. The summed E-state index contributed by atoms with van der Waals surface area (Å²) < 4.78 is 49.4. The van der Waals surface area contributed by atoms with E-state index in [9.17, 15) is 0 Å². The van der Waals surface area contributed by atoms with Crippen molar-refractivity contribution in [2.75, 3.05) is 39.6 Å². The number of rotatable bonds is 20. The molecule has 0 amide bonds. The summed E-state index contributed by atoms with van der Waals surface area (Å²) in [6, 6.07) is 0. The molecule has 0 fully saturated rings. The van der Waals surface area contributed by atoms with Gasteiger partial charge in [-0.1, -0.05) is 0 Å². The minimum absolute atomic E-state index is 0. The van der Waals surface area contributed by atoms with Gasteiger partial charge in [-0.05, 0) is 0 Å². The van der Waals surface area contributed by atoms with Crippen LogP contribution in [0, 0.1) is 0 Å². The van der Waals surface area contributed by atoms with Crippen LogP contribution in [0.3, 0.4) is 0 Å². The molecule has 29 heavy (non-hydrogen) atoms. The zero-order valence-electron chi connectivity index (χ0n) is 18.7. The molecular formula is C18H43NaO9Ti. The van der Waals surface area contributed by atoms with Crippen LogP contribution < -0.4 is 0 Å². The molecule has 0 aliphatic carbocycles. The summed E-state index contributed by atoms with van der Waals surface area (Å²) in [6.45, 7) is 10.8. The summed E-state index contributed by atoms with van der Waals surface area (Å²) in [7, 11) is 0. The van der Waals surface area contributed by atoms with Crippen LogP contribution in [0.15, 0.2) is 0 Å². The fraction of sp³-hybridized carbons (Fsp3) is 1.00. The minimum atomic E-state index is -8.39. The molecule has 0 aliphatic rings. The van der Waals surface area contributed by atoms with Gasteiger partial charge in [0.05, 0.1) is 0 Å². The van der Waals surface area contributed by atoms with E-state index in [2.05, 4.69) is 0 Å². The second-order valence-corrected chi connectivity index (χ2v) is 14.7. The van der Waals surface area contributed by atoms with Crippen molar-refractivity contribution in [3.05, 3.63) is 0 Å². The third-order valence-electron chi connectivity index (χ3n) is 3.74. The molecular weight excluding hydrogens is 431 g/mol. The quantitative estimate of drug-likeness (QED) is 0.110. The van der Waals surface area contributed by atoms with Crippen LogP contribution >= 0.6 is 0 Å². The molecule has 0 spiro atoms. The van der Waals surface area contributed by atoms with E-state index >= 15 is 3.32 Å². The van der Waals surface area contributed by atoms with Crippen LogP contribution in [0.25, 0.3) is 0 Å². The van der Waals surface area contributed by atoms with Gasteiger partial charge in [-0.2, -0.15) is 0 Å². The Morgan fingerprint density at radius 3 is 0.931 bits per heavy atom. The van der Waals surface area contributed by atoms with Gasteiger partial charge in [0.15, 0.2) is 0 Å². The van der Waals surface area contributed by atoms with Gasteiger partial charge in [0.25, 0.3) is 0 Å². The molecule has 0 radical (unpaired) electrons. The van der Waals surface area contributed by atoms with E-state index < -0.39 is 15.0 Å². The van der Waals surface area contributed by atoms with E-state index in [1.54, 1.807) is 0 Å². The molecule has 0 aromatic heterocycles. The maximum atomic E-state index is 15.2. The summed E-state index contributed by atoms with van der Waals surface area (Å²) in [5.41, 5.74) is 0. The molecule has 0 N–H and O–H groups in total. The van der Waals surface area contributed by atoms with Gasteiger partial charge in [0, 0.05) is 0 Å². The number of hydrogen-bond acceptors (Lipinski definition) is 9. The SMILES string of the molecule is CCCO[O][Ti](=[O])([O]CCC)([O]CCC)([O]CCC)([O]CCC)[O]OCCC.[NaH]. The molecule has 0 unspecified atom stereocenters. The van der Waals surface area contributed by atoms with Gasteiger partial charge in [-0.25, -0.2) is 0 Å². The zero-order valence-corrected chi connectivity index (χ0v) is 20.2. The van der Waals surface area contributed by atoms with Crippen molar-refractivity contribution in [2.45, 2.75) is 80.1 Å². The molecule has 174 valence electrons. The summed E-state index contributed by atoms with van der Waals surface area (Å²) in [5.74, 6) is 0. The normalized spacial score (nSPS) is 15.7. The Bertz CT molecular complexity index is 470. The molecule has 0 atom stereocenters. The van der Waals surface area contributed by atoms with Crippen LogP contribution in [-0.2, 0) is 48.4 Å². The van der Waals surface area contributed by atoms with Crippen molar-refractivity contribution in [1.29, 1.82) is 0 Å². The van der Waals surface area contributed by atoms with E-state index in [-0.39, 0.29) is 69.2 Å². The van der Waals surface area contributed by atoms with Gasteiger partial charge < -0.3 is 0 Å². The number of hydrogen-bond donors (Lipinski definition) is 0. The van der Waals surface area contributed by atoms with Crippen molar-refractivity contribution in [3.8, 4) is 0 Å². The van der Waals surface area contributed by atoms with E-state index in [1.807, 2.05) is 41.5 Å². The molecule has 0 bridgehead atoms. The van der Waals surface area contributed by atoms with Crippen LogP contribution in [0.1, 0.15) is 80.1 Å². The first kappa shape index (κ1) is 32.4. The standard InChI is InChI=1S/2C3H8O2.4C3H7O.Na.O.Ti.H/c2*1-2-3-5-4;4*1-2-3-4;;;;/h2*4H,2-3H2,1H3;4*2-3H2,1H3;;;;/q;;4*-1;;;+6;/p-2. The van der Waals surface area contributed by atoms with Crippen LogP contribution in [0.5, 0.6) is 0 Å².